The van der Waals surface area contributed by atoms with Crippen molar-refractivity contribution in [1.82, 2.24) is 0 Å². The molecule has 0 amide bonds. The summed E-state index contributed by atoms with van der Waals surface area (Å²) in [5.74, 6) is 1.02. The topological polar surface area (TPSA) is 21.6 Å². The van der Waals surface area contributed by atoms with Gasteiger partial charge in [-0.2, -0.15) is 0 Å². The van der Waals surface area contributed by atoms with E-state index in [4.69, 9.17) is 4.74 Å². The summed E-state index contributed by atoms with van der Waals surface area (Å²) in [7, 11) is 3.67. The van der Waals surface area contributed by atoms with Crippen LogP contribution in [0.25, 0.3) is 0 Å². The molecule has 104 valence electrons. The first-order chi connectivity index (χ1) is 8.70. The lowest BCUT2D eigenvalue weighted by molar-refractivity contribution is 0.0131. The number of hydrogen-bond acceptors (Lipinski definition) is 2. The SMILES string of the molecule is CCCCCC12CCC(/C(=N/C)OC)(CC1)CC2. The van der Waals surface area contributed by atoms with Crippen molar-refractivity contribution in [3.05, 3.63) is 0 Å². The van der Waals surface area contributed by atoms with Gasteiger partial charge in [0.1, 0.15) is 0 Å². The molecule has 3 aliphatic carbocycles. The second-order valence-corrected chi connectivity index (χ2v) is 6.47. The summed E-state index contributed by atoms with van der Waals surface area (Å²) >= 11 is 0. The molecular formula is C16H29NO. The lowest BCUT2D eigenvalue weighted by Gasteiger charge is -2.53. The van der Waals surface area contributed by atoms with Crippen LogP contribution >= 0.6 is 0 Å². The van der Waals surface area contributed by atoms with Crippen LogP contribution in [0.2, 0.25) is 0 Å². The summed E-state index contributed by atoms with van der Waals surface area (Å²) in [4.78, 5) is 4.39. The van der Waals surface area contributed by atoms with Crippen molar-refractivity contribution in [2.75, 3.05) is 14.2 Å². The summed E-state index contributed by atoms with van der Waals surface area (Å²) in [6, 6.07) is 0. The third kappa shape index (κ3) is 2.44. The van der Waals surface area contributed by atoms with Gasteiger partial charge in [-0.15, -0.1) is 0 Å². The molecule has 0 unspecified atom stereocenters. The number of rotatable bonds is 5. The molecule has 3 fully saturated rings. The van der Waals surface area contributed by atoms with Gasteiger partial charge in [-0.05, 0) is 50.4 Å². The van der Waals surface area contributed by atoms with Crippen LogP contribution in [-0.2, 0) is 4.74 Å². The molecule has 0 N–H and O–H groups in total. The van der Waals surface area contributed by atoms with Gasteiger partial charge in [-0.25, -0.2) is 0 Å². The largest absolute Gasteiger partial charge is 0.484 e. The molecule has 0 heterocycles. The molecular weight excluding hydrogens is 222 g/mol. The fourth-order valence-electron chi connectivity index (χ4n) is 4.25. The molecule has 2 heteroatoms. The van der Waals surface area contributed by atoms with E-state index in [-0.39, 0.29) is 0 Å². The number of unbranched alkanes of at least 4 members (excludes halogenated alkanes) is 2. The Bertz CT molecular complexity index is 284. The Balaban J connectivity index is 1.97. The molecule has 0 aromatic carbocycles. The molecule has 0 radical (unpaired) electrons. The first kappa shape index (κ1) is 13.9. The fraction of sp³-hybridized carbons (Fsp3) is 0.938. The summed E-state index contributed by atoms with van der Waals surface area (Å²) in [5, 5.41) is 0. The molecule has 0 atom stereocenters. The van der Waals surface area contributed by atoms with Gasteiger partial charge in [-0.3, -0.25) is 4.99 Å². The van der Waals surface area contributed by atoms with Crippen molar-refractivity contribution < 1.29 is 4.74 Å². The summed E-state index contributed by atoms with van der Waals surface area (Å²) in [6.07, 6.45) is 13.8. The molecule has 3 aliphatic rings. The van der Waals surface area contributed by atoms with E-state index in [1.165, 1.54) is 64.2 Å². The van der Waals surface area contributed by atoms with Crippen LogP contribution < -0.4 is 0 Å². The van der Waals surface area contributed by atoms with Crippen molar-refractivity contribution in [3.8, 4) is 0 Å². The van der Waals surface area contributed by atoms with Gasteiger partial charge in [0.15, 0.2) is 5.90 Å². The highest BCUT2D eigenvalue weighted by Crippen LogP contribution is 2.59. The van der Waals surface area contributed by atoms with Crippen LogP contribution in [0.1, 0.15) is 71.1 Å². The van der Waals surface area contributed by atoms with Crippen LogP contribution in [-0.4, -0.2) is 20.1 Å². The Labute approximate surface area is 112 Å². The lowest BCUT2D eigenvalue weighted by Crippen LogP contribution is -2.46. The quantitative estimate of drug-likeness (QED) is 0.398. The molecule has 3 saturated carbocycles. The third-order valence-corrected chi connectivity index (χ3v) is 5.56. The molecule has 2 bridgehead atoms. The average molecular weight is 251 g/mol. The van der Waals surface area contributed by atoms with E-state index in [9.17, 15) is 0 Å². The van der Waals surface area contributed by atoms with Gasteiger partial charge in [0, 0.05) is 12.5 Å². The molecule has 0 aromatic heterocycles. The molecule has 3 rings (SSSR count). The van der Waals surface area contributed by atoms with Gasteiger partial charge in [0.05, 0.1) is 7.11 Å². The van der Waals surface area contributed by atoms with Crippen molar-refractivity contribution in [2.24, 2.45) is 15.8 Å². The van der Waals surface area contributed by atoms with Crippen LogP contribution in [0, 0.1) is 10.8 Å². The van der Waals surface area contributed by atoms with E-state index in [0.29, 0.717) is 10.8 Å². The summed E-state index contributed by atoms with van der Waals surface area (Å²) < 4.78 is 5.54. The zero-order valence-electron chi connectivity index (χ0n) is 12.4. The van der Waals surface area contributed by atoms with Crippen molar-refractivity contribution in [3.63, 3.8) is 0 Å². The van der Waals surface area contributed by atoms with Crippen molar-refractivity contribution in [1.29, 1.82) is 0 Å². The second kappa shape index (κ2) is 5.63. The monoisotopic (exact) mass is 251 g/mol. The Morgan fingerprint density at radius 1 is 1.06 bits per heavy atom. The van der Waals surface area contributed by atoms with E-state index in [1.54, 1.807) is 7.11 Å². The maximum absolute atomic E-state index is 5.54. The van der Waals surface area contributed by atoms with Crippen LogP contribution in [0.5, 0.6) is 0 Å². The maximum atomic E-state index is 5.54. The Morgan fingerprint density at radius 3 is 2.11 bits per heavy atom. The number of nitrogens with zero attached hydrogens (tertiary/aromatic N) is 1. The van der Waals surface area contributed by atoms with E-state index in [1.807, 2.05) is 7.05 Å². The van der Waals surface area contributed by atoms with E-state index in [2.05, 4.69) is 11.9 Å². The standard InChI is InChI=1S/C16H29NO/c1-4-5-6-7-15-8-11-16(12-9-15,13-10-15)14(17-2)18-3/h4-13H2,1-3H3/b17-14-. The van der Waals surface area contributed by atoms with Crippen molar-refractivity contribution in [2.45, 2.75) is 71.1 Å². The van der Waals surface area contributed by atoms with E-state index in [0.717, 1.165) is 5.90 Å². The Kier molecular flexibility index (Phi) is 4.34. The number of ether oxygens (including phenoxy) is 1. The Hall–Kier alpha value is -0.530. The highest BCUT2D eigenvalue weighted by Gasteiger charge is 2.51. The first-order valence-corrected chi connectivity index (χ1v) is 7.72. The van der Waals surface area contributed by atoms with Gasteiger partial charge >= 0.3 is 0 Å². The lowest BCUT2D eigenvalue weighted by atomic mass is 9.52. The minimum Gasteiger partial charge on any atom is -0.484 e. The summed E-state index contributed by atoms with van der Waals surface area (Å²) in [6.45, 7) is 2.30. The molecule has 0 aliphatic heterocycles. The average Bonchev–Trinajstić information content (AvgIpc) is 2.42. The number of fused-ring (bicyclic) bond motifs is 3. The minimum absolute atomic E-state index is 0.302. The van der Waals surface area contributed by atoms with Gasteiger partial charge in [0.25, 0.3) is 0 Å². The molecule has 0 saturated heterocycles. The van der Waals surface area contributed by atoms with E-state index < -0.39 is 0 Å². The van der Waals surface area contributed by atoms with Gasteiger partial charge in [-0.1, -0.05) is 26.2 Å². The number of aliphatic imine (C=N–C) groups is 1. The van der Waals surface area contributed by atoms with Crippen LogP contribution in [0.4, 0.5) is 0 Å². The highest BCUT2D eigenvalue weighted by molar-refractivity contribution is 5.82. The molecule has 18 heavy (non-hydrogen) atoms. The zero-order chi connectivity index (χ0) is 13.1. The second-order valence-electron chi connectivity index (χ2n) is 6.47. The van der Waals surface area contributed by atoms with E-state index >= 15 is 0 Å². The highest BCUT2D eigenvalue weighted by atomic mass is 16.5. The molecule has 2 nitrogen and oxygen atoms in total. The third-order valence-electron chi connectivity index (χ3n) is 5.56. The predicted molar refractivity (Wildman–Crippen MR) is 77.1 cm³/mol. The number of hydrogen-bond donors (Lipinski definition) is 0. The van der Waals surface area contributed by atoms with Gasteiger partial charge in [0.2, 0.25) is 0 Å². The van der Waals surface area contributed by atoms with Gasteiger partial charge < -0.3 is 4.74 Å². The Morgan fingerprint density at radius 2 is 1.67 bits per heavy atom. The molecule has 0 spiro atoms. The first-order valence-electron chi connectivity index (χ1n) is 7.72. The van der Waals surface area contributed by atoms with Crippen LogP contribution in [0.15, 0.2) is 4.99 Å². The van der Waals surface area contributed by atoms with Crippen LogP contribution in [0.3, 0.4) is 0 Å². The summed E-state index contributed by atoms with van der Waals surface area (Å²) in [5.41, 5.74) is 0.986. The smallest absolute Gasteiger partial charge is 0.189 e. The maximum Gasteiger partial charge on any atom is 0.189 e. The normalized spacial score (nSPS) is 35.8. The number of methoxy groups -OCH3 is 1. The zero-order valence-corrected chi connectivity index (χ0v) is 12.4. The minimum atomic E-state index is 0.302. The molecule has 0 aromatic rings. The van der Waals surface area contributed by atoms with Crippen molar-refractivity contribution >= 4 is 5.90 Å². The predicted octanol–water partition coefficient (Wildman–Crippen LogP) is 4.58. The fourth-order valence-corrected chi connectivity index (χ4v) is 4.25.